The Labute approximate surface area is 83.0 Å². The third-order valence-electron chi connectivity index (χ3n) is 1.77. The molecular weight excluding hydrogens is 187 g/mol. The molecule has 0 saturated carbocycles. The molecule has 0 heterocycles. The minimum absolute atomic E-state index is 0.180. The summed E-state index contributed by atoms with van der Waals surface area (Å²) in [5, 5.41) is 0.515. The minimum Gasteiger partial charge on any atom is -0.206 e. The Kier molecular flexibility index (Phi) is 3.49. The molecule has 69 valence electrons. The fourth-order valence-electron chi connectivity index (χ4n) is 1.05. The lowest BCUT2D eigenvalue weighted by molar-refractivity contribution is 0.610. The second kappa shape index (κ2) is 4.43. The van der Waals surface area contributed by atoms with E-state index in [1.165, 1.54) is 0 Å². The summed E-state index contributed by atoms with van der Waals surface area (Å²) in [6.07, 6.45) is 2.24. The average molecular weight is 198 g/mol. The van der Waals surface area contributed by atoms with Crippen molar-refractivity contribution in [2.24, 2.45) is 0 Å². The van der Waals surface area contributed by atoms with Crippen LogP contribution in [0.1, 0.15) is 17.5 Å². The van der Waals surface area contributed by atoms with Crippen molar-refractivity contribution >= 4 is 11.6 Å². The summed E-state index contributed by atoms with van der Waals surface area (Å²) in [7, 11) is 0. The van der Waals surface area contributed by atoms with Crippen LogP contribution in [-0.4, -0.2) is 0 Å². The standard InChI is InChI=1S/C11H11ClF/c1-8-4-3-5-10(11(8)13)7-6-9(2)12/h3-5,7H,2,6H2,1H3. The molecule has 0 aliphatic heterocycles. The van der Waals surface area contributed by atoms with Crippen LogP contribution in [-0.2, 0) is 0 Å². The molecule has 0 amide bonds. The van der Waals surface area contributed by atoms with Gasteiger partial charge in [0.1, 0.15) is 5.82 Å². The van der Waals surface area contributed by atoms with E-state index in [0.29, 0.717) is 22.6 Å². The SMILES string of the molecule is C=C(Cl)C[CH]c1cccc(C)c1F. The number of allylic oxidation sites excluding steroid dienone is 1. The molecule has 2 heteroatoms. The molecule has 0 unspecified atom stereocenters. The van der Waals surface area contributed by atoms with Gasteiger partial charge in [0, 0.05) is 5.03 Å². The number of hydrogen-bond acceptors (Lipinski definition) is 0. The van der Waals surface area contributed by atoms with Crippen LogP contribution in [0, 0.1) is 19.2 Å². The highest BCUT2D eigenvalue weighted by Crippen LogP contribution is 2.17. The third-order valence-corrected chi connectivity index (χ3v) is 1.92. The summed E-state index contributed by atoms with van der Waals surface area (Å²) in [4.78, 5) is 0. The van der Waals surface area contributed by atoms with Crippen molar-refractivity contribution in [3.8, 4) is 0 Å². The molecule has 0 N–H and O–H groups in total. The molecule has 0 aliphatic carbocycles. The second-order valence-electron chi connectivity index (χ2n) is 2.90. The lowest BCUT2D eigenvalue weighted by Gasteiger charge is -2.03. The number of aryl methyl sites for hydroxylation is 1. The Morgan fingerprint density at radius 3 is 2.92 bits per heavy atom. The molecule has 1 rings (SSSR count). The van der Waals surface area contributed by atoms with E-state index < -0.39 is 0 Å². The maximum absolute atomic E-state index is 13.3. The van der Waals surface area contributed by atoms with Crippen molar-refractivity contribution < 1.29 is 4.39 Å². The molecule has 0 bridgehead atoms. The Bertz CT molecular complexity index is 318. The maximum Gasteiger partial charge on any atom is 0.129 e. The van der Waals surface area contributed by atoms with Crippen LogP contribution in [0.25, 0.3) is 0 Å². The first-order valence-electron chi connectivity index (χ1n) is 4.03. The zero-order chi connectivity index (χ0) is 9.84. The van der Waals surface area contributed by atoms with Crippen LogP contribution in [0.3, 0.4) is 0 Å². The Morgan fingerprint density at radius 2 is 2.31 bits per heavy atom. The molecular formula is C11H11ClF. The molecule has 0 atom stereocenters. The Hall–Kier alpha value is -0.820. The van der Waals surface area contributed by atoms with Gasteiger partial charge >= 0.3 is 0 Å². The van der Waals surface area contributed by atoms with E-state index in [4.69, 9.17) is 11.6 Å². The summed E-state index contributed by atoms with van der Waals surface area (Å²) in [6.45, 7) is 5.27. The third kappa shape index (κ3) is 2.85. The minimum atomic E-state index is -0.180. The van der Waals surface area contributed by atoms with Gasteiger partial charge in [-0.1, -0.05) is 36.4 Å². The van der Waals surface area contributed by atoms with Gasteiger partial charge < -0.3 is 0 Å². The molecule has 0 nitrogen and oxygen atoms in total. The van der Waals surface area contributed by atoms with E-state index in [2.05, 4.69) is 6.58 Å². The average Bonchev–Trinajstić information content (AvgIpc) is 2.07. The Morgan fingerprint density at radius 1 is 1.62 bits per heavy atom. The monoisotopic (exact) mass is 197 g/mol. The van der Waals surface area contributed by atoms with E-state index in [1.54, 1.807) is 25.5 Å². The summed E-state index contributed by atoms with van der Waals surface area (Å²) in [6, 6.07) is 5.28. The first-order valence-corrected chi connectivity index (χ1v) is 4.40. The van der Waals surface area contributed by atoms with E-state index in [1.807, 2.05) is 6.07 Å². The van der Waals surface area contributed by atoms with Crippen molar-refractivity contribution in [2.75, 3.05) is 0 Å². The highest BCUT2D eigenvalue weighted by Gasteiger charge is 2.04. The number of hydrogen-bond donors (Lipinski definition) is 0. The Balaban J connectivity index is 2.77. The largest absolute Gasteiger partial charge is 0.206 e. The molecule has 0 aromatic heterocycles. The van der Waals surface area contributed by atoms with Gasteiger partial charge in [0.05, 0.1) is 0 Å². The highest BCUT2D eigenvalue weighted by atomic mass is 35.5. The van der Waals surface area contributed by atoms with Gasteiger partial charge in [0.15, 0.2) is 0 Å². The van der Waals surface area contributed by atoms with Gasteiger partial charge in [-0.2, -0.15) is 0 Å². The van der Waals surface area contributed by atoms with Crippen molar-refractivity contribution in [3.63, 3.8) is 0 Å². The smallest absolute Gasteiger partial charge is 0.129 e. The predicted molar refractivity (Wildman–Crippen MR) is 54.1 cm³/mol. The molecule has 1 aromatic carbocycles. The van der Waals surface area contributed by atoms with Crippen molar-refractivity contribution in [3.05, 3.63) is 53.2 Å². The fraction of sp³-hybridized carbons (Fsp3) is 0.182. The second-order valence-corrected chi connectivity index (χ2v) is 3.44. The first kappa shape index (κ1) is 10.3. The molecule has 1 aromatic rings. The maximum atomic E-state index is 13.3. The van der Waals surface area contributed by atoms with Gasteiger partial charge in [0.2, 0.25) is 0 Å². The summed E-state index contributed by atoms with van der Waals surface area (Å²) >= 11 is 5.57. The molecule has 0 saturated heterocycles. The predicted octanol–water partition coefficient (Wildman–Crippen LogP) is 3.83. The summed E-state index contributed by atoms with van der Waals surface area (Å²) < 4.78 is 13.3. The normalized spacial score (nSPS) is 10.1. The van der Waals surface area contributed by atoms with E-state index >= 15 is 0 Å². The summed E-state index contributed by atoms with van der Waals surface area (Å²) in [5.41, 5.74) is 1.23. The zero-order valence-corrected chi connectivity index (χ0v) is 8.24. The lowest BCUT2D eigenvalue weighted by Crippen LogP contribution is -1.91. The molecule has 13 heavy (non-hydrogen) atoms. The molecule has 0 spiro atoms. The molecule has 1 radical (unpaired) electrons. The van der Waals surface area contributed by atoms with E-state index in [9.17, 15) is 4.39 Å². The summed E-state index contributed by atoms with van der Waals surface area (Å²) in [5.74, 6) is -0.180. The van der Waals surface area contributed by atoms with Crippen molar-refractivity contribution in [1.29, 1.82) is 0 Å². The van der Waals surface area contributed by atoms with Gasteiger partial charge in [-0.05, 0) is 30.9 Å². The van der Waals surface area contributed by atoms with Crippen LogP contribution in [0.5, 0.6) is 0 Å². The van der Waals surface area contributed by atoms with Crippen LogP contribution >= 0.6 is 11.6 Å². The topological polar surface area (TPSA) is 0 Å². The van der Waals surface area contributed by atoms with Gasteiger partial charge in [-0.3, -0.25) is 0 Å². The zero-order valence-electron chi connectivity index (χ0n) is 7.48. The highest BCUT2D eigenvalue weighted by molar-refractivity contribution is 6.29. The van der Waals surface area contributed by atoms with Crippen LogP contribution in [0.15, 0.2) is 29.8 Å². The molecule has 0 aliphatic rings. The van der Waals surface area contributed by atoms with Gasteiger partial charge in [0.25, 0.3) is 0 Å². The van der Waals surface area contributed by atoms with Crippen LogP contribution < -0.4 is 0 Å². The fourth-order valence-corrected chi connectivity index (χ4v) is 1.13. The van der Waals surface area contributed by atoms with Crippen LogP contribution in [0.2, 0.25) is 0 Å². The van der Waals surface area contributed by atoms with E-state index in [-0.39, 0.29) is 5.82 Å². The van der Waals surface area contributed by atoms with Gasteiger partial charge in [-0.25, -0.2) is 4.39 Å². The van der Waals surface area contributed by atoms with E-state index in [0.717, 1.165) is 0 Å². The molecule has 0 fully saturated rings. The van der Waals surface area contributed by atoms with Crippen LogP contribution in [0.4, 0.5) is 4.39 Å². The quantitative estimate of drug-likeness (QED) is 0.691. The number of halogens is 2. The first-order chi connectivity index (χ1) is 6.11. The number of rotatable bonds is 3. The lowest BCUT2D eigenvalue weighted by atomic mass is 10.1. The van der Waals surface area contributed by atoms with Gasteiger partial charge in [-0.15, -0.1) is 0 Å². The van der Waals surface area contributed by atoms with Crippen molar-refractivity contribution in [1.82, 2.24) is 0 Å². The van der Waals surface area contributed by atoms with Crippen molar-refractivity contribution in [2.45, 2.75) is 13.3 Å². The number of benzene rings is 1.